The predicted octanol–water partition coefficient (Wildman–Crippen LogP) is 2.88. The Labute approximate surface area is 145 Å². The normalized spacial score (nSPS) is 17.5. The highest BCUT2D eigenvalue weighted by atomic mass is 19.1. The molecule has 6 heteroatoms. The fourth-order valence-electron chi connectivity index (χ4n) is 3.22. The Kier molecular flexibility index (Phi) is 5.16. The zero-order chi connectivity index (χ0) is 17.8. The van der Waals surface area contributed by atoms with Crippen LogP contribution in [-0.2, 0) is 16.0 Å². The third-order valence-corrected chi connectivity index (χ3v) is 4.54. The van der Waals surface area contributed by atoms with Crippen molar-refractivity contribution in [2.75, 3.05) is 6.54 Å². The van der Waals surface area contributed by atoms with Crippen molar-refractivity contribution in [2.24, 2.45) is 5.73 Å². The van der Waals surface area contributed by atoms with Gasteiger partial charge in [0.1, 0.15) is 23.4 Å². The summed E-state index contributed by atoms with van der Waals surface area (Å²) in [5.41, 5.74) is 5.79. The van der Waals surface area contributed by atoms with E-state index in [2.05, 4.69) is 0 Å². The molecule has 5 nitrogen and oxygen atoms in total. The number of halogens is 1. The number of furan rings is 1. The molecule has 0 radical (unpaired) electrons. The minimum Gasteiger partial charge on any atom is -0.461 e. The molecule has 1 saturated heterocycles. The van der Waals surface area contributed by atoms with Gasteiger partial charge in [-0.3, -0.25) is 9.59 Å². The van der Waals surface area contributed by atoms with Crippen LogP contribution in [0.25, 0.3) is 11.3 Å². The predicted molar refractivity (Wildman–Crippen MR) is 91.0 cm³/mol. The molecule has 1 unspecified atom stereocenters. The van der Waals surface area contributed by atoms with Gasteiger partial charge < -0.3 is 15.1 Å². The summed E-state index contributed by atoms with van der Waals surface area (Å²) >= 11 is 0. The molecule has 25 heavy (non-hydrogen) atoms. The molecule has 0 aliphatic carbocycles. The lowest BCUT2D eigenvalue weighted by Gasteiger charge is -2.33. The SMILES string of the molecule is NC(=O)C1CCCCN1C(=O)CCc1ccc(-c2ccccc2F)o1. The van der Waals surface area contributed by atoms with Gasteiger partial charge in [0, 0.05) is 19.4 Å². The Balaban J connectivity index is 1.63. The second-order valence-corrected chi connectivity index (χ2v) is 6.25. The van der Waals surface area contributed by atoms with Crippen LogP contribution in [0.3, 0.4) is 0 Å². The van der Waals surface area contributed by atoms with E-state index in [-0.39, 0.29) is 18.1 Å². The number of hydrogen-bond donors (Lipinski definition) is 1. The molecule has 1 fully saturated rings. The average molecular weight is 344 g/mol. The zero-order valence-corrected chi connectivity index (χ0v) is 13.9. The molecule has 1 aliphatic rings. The topological polar surface area (TPSA) is 76.5 Å². The molecule has 132 valence electrons. The minimum absolute atomic E-state index is 0.104. The second-order valence-electron chi connectivity index (χ2n) is 6.25. The number of rotatable bonds is 5. The highest BCUT2D eigenvalue weighted by molar-refractivity contribution is 5.86. The van der Waals surface area contributed by atoms with E-state index in [9.17, 15) is 14.0 Å². The van der Waals surface area contributed by atoms with E-state index in [1.807, 2.05) is 0 Å². The van der Waals surface area contributed by atoms with Crippen LogP contribution in [-0.4, -0.2) is 29.3 Å². The third kappa shape index (κ3) is 3.90. The summed E-state index contributed by atoms with van der Waals surface area (Å²) in [6.07, 6.45) is 3.04. The first-order valence-electron chi connectivity index (χ1n) is 8.48. The molecule has 2 heterocycles. The van der Waals surface area contributed by atoms with E-state index < -0.39 is 11.9 Å². The van der Waals surface area contributed by atoms with Gasteiger partial charge in [0.15, 0.2) is 0 Å². The van der Waals surface area contributed by atoms with Gasteiger partial charge in [-0.2, -0.15) is 0 Å². The van der Waals surface area contributed by atoms with Gasteiger partial charge in [-0.25, -0.2) is 4.39 Å². The molecule has 2 aromatic rings. The number of carbonyl (C=O) groups excluding carboxylic acids is 2. The van der Waals surface area contributed by atoms with Crippen LogP contribution >= 0.6 is 0 Å². The number of nitrogens with two attached hydrogens (primary N) is 1. The molecule has 2 amide bonds. The zero-order valence-electron chi connectivity index (χ0n) is 13.9. The maximum absolute atomic E-state index is 13.8. The Bertz CT molecular complexity index is 772. The van der Waals surface area contributed by atoms with Gasteiger partial charge in [-0.05, 0) is 43.5 Å². The molecule has 0 bridgehead atoms. The number of aryl methyl sites for hydroxylation is 1. The lowest BCUT2D eigenvalue weighted by molar-refractivity contribution is -0.141. The summed E-state index contributed by atoms with van der Waals surface area (Å²) in [7, 11) is 0. The summed E-state index contributed by atoms with van der Waals surface area (Å²) in [5.74, 6) is 0.144. The molecule has 1 atom stereocenters. The lowest BCUT2D eigenvalue weighted by Crippen LogP contribution is -2.50. The highest BCUT2D eigenvalue weighted by Crippen LogP contribution is 2.25. The monoisotopic (exact) mass is 344 g/mol. The highest BCUT2D eigenvalue weighted by Gasteiger charge is 2.30. The largest absolute Gasteiger partial charge is 0.461 e. The van der Waals surface area contributed by atoms with Crippen LogP contribution in [0.1, 0.15) is 31.4 Å². The molecule has 1 aromatic carbocycles. The van der Waals surface area contributed by atoms with Crippen molar-refractivity contribution in [3.8, 4) is 11.3 Å². The van der Waals surface area contributed by atoms with Crippen LogP contribution in [0.4, 0.5) is 4.39 Å². The number of hydrogen-bond acceptors (Lipinski definition) is 3. The van der Waals surface area contributed by atoms with Crippen LogP contribution in [0, 0.1) is 5.82 Å². The first-order valence-corrected chi connectivity index (χ1v) is 8.48. The molecule has 0 saturated carbocycles. The summed E-state index contributed by atoms with van der Waals surface area (Å²) in [6, 6.07) is 9.32. The molecule has 0 spiro atoms. The fourth-order valence-corrected chi connectivity index (χ4v) is 3.22. The van der Waals surface area contributed by atoms with Crippen molar-refractivity contribution in [2.45, 2.75) is 38.1 Å². The van der Waals surface area contributed by atoms with Crippen LogP contribution in [0.5, 0.6) is 0 Å². The number of primary amides is 1. The Morgan fingerprint density at radius 1 is 1.20 bits per heavy atom. The maximum Gasteiger partial charge on any atom is 0.240 e. The molecular weight excluding hydrogens is 323 g/mol. The van der Waals surface area contributed by atoms with E-state index in [1.165, 1.54) is 6.07 Å². The van der Waals surface area contributed by atoms with Gasteiger partial charge in [0.05, 0.1) is 5.56 Å². The summed E-state index contributed by atoms with van der Waals surface area (Å²) in [4.78, 5) is 25.5. The fraction of sp³-hybridized carbons (Fsp3) is 0.368. The lowest BCUT2D eigenvalue weighted by atomic mass is 10.0. The quantitative estimate of drug-likeness (QED) is 0.906. The third-order valence-electron chi connectivity index (χ3n) is 4.54. The van der Waals surface area contributed by atoms with Gasteiger partial charge in [-0.1, -0.05) is 12.1 Å². The van der Waals surface area contributed by atoms with Crippen LogP contribution < -0.4 is 5.73 Å². The van der Waals surface area contributed by atoms with Crippen molar-refractivity contribution in [1.29, 1.82) is 0 Å². The number of amides is 2. The van der Waals surface area contributed by atoms with Gasteiger partial charge in [0.25, 0.3) is 0 Å². The van der Waals surface area contributed by atoms with Crippen molar-refractivity contribution >= 4 is 11.8 Å². The van der Waals surface area contributed by atoms with Crippen molar-refractivity contribution in [1.82, 2.24) is 4.90 Å². The van der Waals surface area contributed by atoms with E-state index in [4.69, 9.17) is 10.2 Å². The standard InChI is InChI=1S/C19H21FN2O3/c20-15-6-2-1-5-14(15)17-10-8-13(25-17)9-11-18(23)22-12-4-3-7-16(22)19(21)24/h1-2,5-6,8,10,16H,3-4,7,9,11-12H2,(H2,21,24). The Hall–Kier alpha value is -2.63. The second kappa shape index (κ2) is 7.51. The van der Waals surface area contributed by atoms with E-state index in [0.29, 0.717) is 36.5 Å². The summed E-state index contributed by atoms with van der Waals surface area (Å²) in [5, 5.41) is 0. The number of carbonyl (C=O) groups is 2. The van der Waals surface area contributed by atoms with Crippen molar-refractivity contribution in [3.63, 3.8) is 0 Å². The van der Waals surface area contributed by atoms with Crippen molar-refractivity contribution in [3.05, 3.63) is 48.0 Å². The Morgan fingerprint density at radius 3 is 2.76 bits per heavy atom. The van der Waals surface area contributed by atoms with Gasteiger partial charge in [0.2, 0.25) is 11.8 Å². The van der Waals surface area contributed by atoms with Crippen LogP contribution in [0.2, 0.25) is 0 Å². The van der Waals surface area contributed by atoms with Gasteiger partial charge in [-0.15, -0.1) is 0 Å². The first-order chi connectivity index (χ1) is 12.1. The van der Waals surface area contributed by atoms with E-state index >= 15 is 0 Å². The minimum atomic E-state index is -0.508. The molecule has 1 aliphatic heterocycles. The molecular formula is C19H21FN2O3. The van der Waals surface area contributed by atoms with Gasteiger partial charge >= 0.3 is 0 Å². The van der Waals surface area contributed by atoms with Crippen LogP contribution in [0.15, 0.2) is 40.8 Å². The Morgan fingerprint density at radius 2 is 2.00 bits per heavy atom. The molecule has 2 N–H and O–H groups in total. The summed E-state index contributed by atoms with van der Waals surface area (Å²) in [6.45, 7) is 0.561. The van der Waals surface area contributed by atoms with E-state index in [1.54, 1.807) is 35.2 Å². The molecule has 3 rings (SSSR count). The number of likely N-dealkylation sites (tertiary alicyclic amines) is 1. The van der Waals surface area contributed by atoms with Crippen molar-refractivity contribution < 1.29 is 18.4 Å². The number of piperidine rings is 1. The maximum atomic E-state index is 13.8. The summed E-state index contributed by atoms with van der Waals surface area (Å²) < 4.78 is 19.5. The number of benzene rings is 1. The smallest absolute Gasteiger partial charge is 0.240 e. The average Bonchev–Trinajstić information content (AvgIpc) is 3.08. The molecule has 1 aromatic heterocycles. The van der Waals surface area contributed by atoms with E-state index in [0.717, 1.165) is 12.8 Å². The number of nitrogens with zero attached hydrogens (tertiary/aromatic N) is 1. The first kappa shape index (κ1) is 17.2.